The number of benzene rings is 3. The molecule has 0 aliphatic carbocycles. The fourth-order valence-electron chi connectivity index (χ4n) is 3.61. The number of fused-ring (bicyclic) bond motifs is 1. The Bertz CT molecular complexity index is 1140. The van der Waals surface area contributed by atoms with Gasteiger partial charge in [-0.2, -0.15) is 5.10 Å². The monoisotopic (exact) mass is 397 g/mol. The Kier molecular flexibility index (Phi) is 5.46. The van der Waals surface area contributed by atoms with Crippen molar-refractivity contribution in [2.24, 2.45) is 5.10 Å². The lowest BCUT2D eigenvalue weighted by Gasteiger charge is -2.27. The van der Waals surface area contributed by atoms with Crippen LogP contribution in [0.4, 0.5) is 0 Å². The molecule has 0 fully saturated rings. The Morgan fingerprint density at radius 3 is 2.13 bits per heavy atom. The molecule has 0 atom stereocenters. The predicted octanol–water partition coefficient (Wildman–Crippen LogP) is 4.14. The Morgan fingerprint density at radius 1 is 0.933 bits per heavy atom. The number of rotatable bonds is 6. The Morgan fingerprint density at radius 2 is 1.50 bits per heavy atom. The third kappa shape index (κ3) is 3.75. The van der Waals surface area contributed by atoms with E-state index in [1.807, 2.05) is 43.5 Å². The largest absolute Gasteiger partial charge is 0.372 e. The molecule has 3 N–H and O–H groups in total. The lowest BCUT2D eigenvalue weighted by atomic mass is 9.85. The number of nitrogens with one attached hydrogen (secondary N) is 2. The van der Waals surface area contributed by atoms with E-state index in [2.05, 4.69) is 21.6 Å². The van der Waals surface area contributed by atoms with Crippen LogP contribution in [0.15, 0.2) is 96.2 Å². The normalized spacial score (nSPS) is 12.1. The van der Waals surface area contributed by atoms with Crippen LogP contribution in [-0.2, 0) is 16.8 Å². The molecule has 30 heavy (non-hydrogen) atoms. The topological polar surface area (TPSA) is 77.5 Å². The van der Waals surface area contributed by atoms with Crippen LogP contribution in [0.1, 0.15) is 23.6 Å². The number of carbonyl (C=O) groups excluding carboxylic acids is 1. The zero-order valence-corrected chi connectivity index (χ0v) is 16.7. The molecule has 150 valence electrons. The first-order chi connectivity index (χ1) is 14.6. The molecule has 0 saturated heterocycles. The average molecular weight is 397 g/mol. The van der Waals surface area contributed by atoms with Crippen LogP contribution in [0.5, 0.6) is 0 Å². The third-order valence-corrected chi connectivity index (χ3v) is 5.18. The molecule has 1 heterocycles. The number of H-pyrrole nitrogens is 1. The summed E-state index contributed by atoms with van der Waals surface area (Å²) in [7, 11) is 0. The summed E-state index contributed by atoms with van der Waals surface area (Å²) in [6.07, 6.45) is 2.54. The first kappa shape index (κ1) is 19.6. The number of hydrogen-bond acceptors (Lipinski definition) is 3. The maximum Gasteiger partial charge on any atom is 0.281 e. The van der Waals surface area contributed by atoms with Crippen molar-refractivity contribution in [1.29, 1.82) is 0 Å². The maximum atomic E-state index is 13.1. The molecule has 1 amide bonds. The fourth-order valence-corrected chi connectivity index (χ4v) is 3.61. The van der Waals surface area contributed by atoms with Crippen LogP contribution in [0.2, 0.25) is 0 Å². The van der Waals surface area contributed by atoms with Gasteiger partial charge in [-0.1, -0.05) is 78.9 Å². The van der Waals surface area contributed by atoms with E-state index < -0.39 is 11.5 Å². The van der Waals surface area contributed by atoms with E-state index in [0.29, 0.717) is 17.5 Å². The van der Waals surface area contributed by atoms with E-state index in [-0.39, 0.29) is 0 Å². The maximum absolute atomic E-state index is 13.1. The molecular weight excluding hydrogens is 374 g/mol. The molecule has 0 radical (unpaired) electrons. The van der Waals surface area contributed by atoms with Crippen LogP contribution in [0.3, 0.4) is 0 Å². The molecule has 3 aromatic carbocycles. The number of aliphatic hydroxyl groups is 1. The van der Waals surface area contributed by atoms with Gasteiger partial charge in [0.2, 0.25) is 0 Å². The Balaban J connectivity index is 1.58. The zero-order valence-electron chi connectivity index (χ0n) is 16.7. The molecule has 0 spiro atoms. The number of aromatic nitrogens is 1. The third-order valence-electron chi connectivity index (χ3n) is 5.18. The van der Waals surface area contributed by atoms with Crippen molar-refractivity contribution in [3.05, 3.63) is 108 Å². The number of carbonyl (C=O) groups is 1. The standard InChI is InChI=1S/C25H23N3O2/c1-18(16-19-17-26-23-15-9-8-14-22(19)23)27-28-24(29)25(30,20-10-4-2-5-11-20)21-12-6-3-7-13-21/h2-15,17,26,30H,16H2,1H3,(H,28,29)/b27-18-. The van der Waals surface area contributed by atoms with Gasteiger partial charge in [0, 0.05) is 29.2 Å². The minimum Gasteiger partial charge on any atom is -0.372 e. The van der Waals surface area contributed by atoms with E-state index in [1.54, 1.807) is 48.5 Å². The van der Waals surface area contributed by atoms with E-state index in [4.69, 9.17) is 0 Å². The van der Waals surface area contributed by atoms with Gasteiger partial charge in [0.1, 0.15) is 0 Å². The highest BCUT2D eigenvalue weighted by molar-refractivity contribution is 5.94. The number of para-hydroxylation sites is 1. The van der Waals surface area contributed by atoms with E-state index >= 15 is 0 Å². The quantitative estimate of drug-likeness (QED) is 0.338. The van der Waals surface area contributed by atoms with Gasteiger partial charge in [-0.3, -0.25) is 4.79 Å². The molecule has 4 aromatic rings. The second-order valence-electron chi connectivity index (χ2n) is 7.27. The summed E-state index contributed by atoms with van der Waals surface area (Å²) in [4.78, 5) is 16.4. The van der Waals surface area contributed by atoms with Gasteiger partial charge in [-0.15, -0.1) is 0 Å². The van der Waals surface area contributed by atoms with E-state index in [9.17, 15) is 9.90 Å². The molecule has 1 aromatic heterocycles. The summed E-state index contributed by atoms with van der Waals surface area (Å²) in [5.74, 6) is -0.599. The van der Waals surface area contributed by atoms with Crippen LogP contribution < -0.4 is 5.43 Å². The minimum absolute atomic E-state index is 0.484. The van der Waals surface area contributed by atoms with Gasteiger partial charge in [0.25, 0.3) is 5.91 Å². The van der Waals surface area contributed by atoms with Crippen LogP contribution in [0, 0.1) is 0 Å². The highest BCUT2D eigenvalue weighted by Gasteiger charge is 2.39. The lowest BCUT2D eigenvalue weighted by molar-refractivity contribution is -0.136. The number of hydrazone groups is 1. The van der Waals surface area contributed by atoms with Crippen molar-refractivity contribution in [3.8, 4) is 0 Å². The van der Waals surface area contributed by atoms with Crippen molar-refractivity contribution < 1.29 is 9.90 Å². The first-order valence-electron chi connectivity index (χ1n) is 9.81. The van der Waals surface area contributed by atoms with Crippen LogP contribution in [0.25, 0.3) is 10.9 Å². The van der Waals surface area contributed by atoms with Crippen LogP contribution in [-0.4, -0.2) is 21.7 Å². The van der Waals surface area contributed by atoms with Crippen LogP contribution >= 0.6 is 0 Å². The Hall–Kier alpha value is -3.70. The van der Waals surface area contributed by atoms with Crippen molar-refractivity contribution in [3.63, 3.8) is 0 Å². The second kappa shape index (κ2) is 8.35. The van der Waals surface area contributed by atoms with Gasteiger partial charge in [0.15, 0.2) is 5.60 Å². The second-order valence-corrected chi connectivity index (χ2v) is 7.27. The van der Waals surface area contributed by atoms with Crippen molar-refractivity contribution in [2.75, 3.05) is 0 Å². The highest BCUT2D eigenvalue weighted by atomic mass is 16.3. The lowest BCUT2D eigenvalue weighted by Crippen LogP contribution is -2.43. The number of aromatic amines is 1. The summed E-state index contributed by atoms with van der Waals surface area (Å²) >= 11 is 0. The van der Waals surface area contributed by atoms with Gasteiger partial charge < -0.3 is 10.1 Å². The molecule has 5 heteroatoms. The van der Waals surface area contributed by atoms with Gasteiger partial charge in [-0.25, -0.2) is 5.43 Å². The SMILES string of the molecule is C/C(Cc1c[nH]c2ccccc12)=N/NC(=O)C(O)(c1ccccc1)c1ccccc1. The number of amides is 1. The molecule has 0 bridgehead atoms. The smallest absolute Gasteiger partial charge is 0.281 e. The molecule has 0 aliphatic heterocycles. The molecular formula is C25H23N3O2. The van der Waals surface area contributed by atoms with Gasteiger partial charge in [-0.05, 0) is 29.7 Å². The zero-order chi connectivity index (χ0) is 21.0. The summed E-state index contributed by atoms with van der Waals surface area (Å²) in [6.45, 7) is 1.85. The minimum atomic E-state index is -1.84. The molecule has 0 aliphatic rings. The summed E-state index contributed by atoms with van der Waals surface area (Å²) in [5, 5.41) is 16.8. The number of nitrogens with zero attached hydrogens (tertiary/aromatic N) is 1. The molecule has 4 rings (SSSR count). The summed E-state index contributed by atoms with van der Waals surface area (Å²) in [6, 6.07) is 25.8. The average Bonchev–Trinajstić information content (AvgIpc) is 3.21. The first-order valence-corrected chi connectivity index (χ1v) is 9.81. The van der Waals surface area contributed by atoms with E-state index in [0.717, 1.165) is 22.2 Å². The van der Waals surface area contributed by atoms with Crippen molar-refractivity contribution in [2.45, 2.75) is 18.9 Å². The fraction of sp³-hybridized carbons (Fsp3) is 0.120. The highest BCUT2D eigenvalue weighted by Crippen LogP contribution is 2.29. The van der Waals surface area contributed by atoms with Crippen molar-refractivity contribution >= 4 is 22.5 Å². The van der Waals surface area contributed by atoms with Gasteiger partial charge in [0.05, 0.1) is 0 Å². The molecule has 0 saturated carbocycles. The van der Waals surface area contributed by atoms with E-state index in [1.165, 1.54) is 0 Å². The summed E-state index contributed by atoms with van der Waals surface area (Å²) < 4.78 is 0. The molecule has 5 nitrogen and oxygen atoms in total. The van der Waals surface area contributed by atoms with Crippen molar-refractivity contribution in [1.82, 2.24) is 10.4 Å². The number of hydrogen-bond donors (Lipinski definition) is 3. The van der Waals surface area contributed by atoms with Gasteiger partial charge >= 0.3 is 0 Å². The molecule has 0 unspecified atom stereocenters. The predicted molar refractivity (Wildman–Crippen MR) is 119 cm³/mol. The Labute approximate surface area is 175 Å². The summed E-state index contributed by atoms with van der Waals surface area (Å²) in [5.41, 5.74) is 4.59.